The van der Waals surface area contributed by atoms with Crippen LogP contribution in [0.4, 0.5) is 21.9 Å². The SMILES string of the molecule is Cc1cc2ccc1CCOC(=O)Nc1cccc(c1)CNC(=O)C2Nc1ccc2c(N)cccc2c1. The fraction of sp³-hybridized carbons (Fsp3) is 0.172. The smallest absolute Gasteiger partial charge is 0.411 e. The molecule has 0 aromatic heterocycles. The summed E-state index contributed by atoms with van der Waals surface area (Å²) >= 11 is 0. The molecule has 4 aromatic rings. The summed E-state index contributed by atoms with van der Waals surface area (Å²) in [5.41, 5.74) is 12.1. The number of hydrogen-bond donors (Lipinski definition) is 4. The molecule has 0 aliphatic carbocycles. The summed E-state index contributed by atoms with van der Waals surface area (Å²) in [6.45, 7) is 2.57. The number of carbonyl (C=O) groups is 2. The lowest BCUT2D eigenvalue weighted by atomic mass is 9.97. The average Bonchev–Trinajstić information content (AvgIpc) is 2.86. The summed E-state index contributed by atoms with van der Waals surface area (Å²) in [7, 11) is 0. The zero-order chi connectivity index (χ0) is 25.1. The van der Waals surface area contributed by atoms with E-state index in [-0.39, 0.29) is 12.5 Å². The maximum absolute atomic E-state index is 13.5. The molecule has 1 unspecified atom stereocenters. The van der Waals surface area contributed by atoms with Gasteiger partial charge in [0, 0.05) is 35.4 Å². The van der Waals surface area contributed by atoms with Crippen molar-refractivity contribution in [3.63, 3.8) is 0 Å². The number of amides is 2. The Bertz CT molecular complexity index is 1450. The first kappa shape index (κ1) is 23.2. The molecule has 7 nitrogen and oxygen atoms in total. The minimum Gasteiger partial charge on any atom is -0.449 e. The third-order valence-electron chi connectivity index (χ3n) is 6.43. The molecule has 4 bridgehead atoms. The van der Waals surface area contributed by atoms with E-state index in [2.05, 4.69) is 16.0 Å². The molecule has 0 saturated heterocycles. The van der Waals surface area contributed by atoms with Gasteiger partial charge in [0.1, 0.15) is 6.04 Å². The maximum atomic E-state index is 13.5. The van der Waals surface area contributed by atoms with Crippen LogP contribution < -0.4 is 21.7 Å². The molecule has 2 amide bonds. The number of fused-ring (bicyclic) bond motifs is 10. The highest BCUT2D eigenvalue weighted by Crippen LogP contribution is 2.28. The minimum absolute atomic E-state index is 0.153. The van der Waals surface area contributed by atoms with Crippen molar-refractivity contribution in [3.8, 4) is 0 Å². The van der Waals surface area contributed by atoms with Crippen molar-refractivity contribution in [2.24, 2.45) is 0 Å². The van der Waals surface area contributed by atoms with Crippen LogP contribution in [-0.2, 0) is 22.5 Å². The van der Waals surface area contributed by atoms with Crippen molar-refractivity contribution in [1.29, 1.82) is 0 Å². The highest BCUT2D eigenvalue weighted by Gasteiger charge is 2.22. The monoisotopic (exact) mass is 480 g/mol. The number of aryl methyl sites for hydroxylation is 1. The summed E-state index contributed by atoms with van der Waals surface area (Å²) < 4.78 is 5.37. The van der Waals surface area contributed by atoms with Crippen LogP contribution in [0, 0.1) is 6.92 Å². The number of hydrogen-bond acceptors (Lipinski definition) is 5. The summed E-state index contributed by atoms with van der Waals surface area (Å²) in [6.07, 6.45) is 0.0784. The van der Waals surface area contributed by atoms with E-state index in [4.69, 9.17) is 10.5 Å². The highest BCUT2D eigenvalue weighted by molar-refractivity contribution is 5.95. The van der Waals surface area contributed by atoms with Crippen molar-refractivity contribution < 1.29 is 14.3 Å². The molecule has 6 rings (SSSR count). The molecule has 4 aromatic carbocycles. The fourth-order valence-corrected chi connectivity index (χ4v) is 4.50. The van der Waals surface area contributed by atoms with E-state index in [1.165, 1.54) is 0 Å². The van der Waals surface area contributed by atoms with Crippen LogP contribution in [0.3, 0.4) is 0 Å². The van der Waals surface area contributed by atoms with Gasteiger partial charge in [0.05, 0.1) is 6.61 Å². The fourth-order valence-electron chi connectivity index (χ4n) is 4.50. The van der Waals surface area contributed by atoms with Gasteiger partial charge in [-0.25, -0.2) is 4.79 Å². The van der Waals surface area contributed by atoms with Gasteiger partial charge in [0.25, 0.3) is 0 Å². The summed E-state index contributed by atoms with van der Waals surface area (Å²) in [6, 6.07) is 24.4. The van der Waals surface area contributed by atoms with Gasteiger partial charge in [-0.1, -0.05) is 48.5 Å². The van der Waals surface area contributed by atoms with E-state index >= 15 is 0 Å². The molecule has 5 N–H and O–H groups in total. The van der Waals surface area contributed by atoms with Crippen LogP contribution in [0.15, 0.2) is 78.9 Å². The van der Waals surface area contributed by atoms with Gasteiger partial charge in [0.15, 0.2) is 0 Å². The molecular formula is C29H28N4O3. The normalized spacial score (nSPS) is 16.2. The molecule has 182 valence electrons. The van der Waals surface area contributed by atoms with Crippen LogP contribution in [0.5, 0.6) is 0 Å². The highest BCUT2D eigenvalue weighted by atomic mass is 16.5. The van der Waals surface area contributed by atoms with Gasteiger partial charge in [-0.3, -0.25) is 10.1 Å². The topological polar surface area (TPSA) is 105 Å². The molecule has 0 spiro atoms. The van der Waals surface area contributed by atoms with Gasteiger partial charge < -0.3 is 21.1 Å². The Labute approximate surface area is 209 Å². The molecule has 2 aliphatic heterocycles. The number of nitrogen functional groups attached to an aromatic ring is 1. The van der Waals surface area contributed by atoms with Crippen molar-refractivity contribution in [2.75, 3.05) is 23.0 Å². The van der Waals surface area contributed by atoms with E-state index in [0.717, 1.165) is 44.4 Å². The van der Waals surface area contributed by atoms with Gasteiger partial charge in [-0.05, 0) is 64.9 Å². The maximum Gasteiger partial charge on any atom is 0.411 e. The lowest BCUT2D eigenvalue weighted by molar-refractivity contribution is -0.122. The molecule has 2 heterocycles. The van der Waals surface area contributed by atoms with E-state index < -0.39 is 12.1 Å². The second-order valence-electron chi connectivity index (χ2n) is 8.98. The van der Waals surface area contributed by atoms with Crippen molar-refractivity contribution in [3.05, 3.63) is 101 Å². The van der Waals surface area contributed by atoms with Crippen molar-refractivity contribution in [2.45, 2.75) is 25.9 Å². The first-order valence-corrected chi connectivity index (χ1v) is 11.9. The Morgan fingerprint density at radius 1 is 0.972 bits per heavy atom. The zero-order valence-electron chi connectivity index (χ0n) is 20.0. The first-order chi connectivity index (χ1) is 17.5. The quantitative estimate of drug-likeness (QED) is 0.291. The van der Waals surface area contributed by atoms with Crippen LogP contribution >= 0.6 is 0 Å². The van der Waals surface area contributed by atoms with Gasteiger partial charge in [0.2, 0.25) is 5.91 Å². The Morgan fingerprint density at radius 3 is 2.69 bits per heavy atom. The van der Waals surface area contributed by atoms with Crippen LogP contribution in [0.25, 0.3) is 10.8 Å². The Balaban J connectivity index is 1.49. The first-order valence-electron chi connectivity index (χ1n) is 11.9. The third-order valence-corrected chi connectivity index (χ3v) is 6.43. The third kappa shape index (κ3) is 5.10. The predicted octanol–water partition coefficient (Wildman–Crippen LogP) is 5.30. The summed E-state index contributed by atoms with van der Waals surface area (Å²) in [5, 5.41) is 11.2. The van der Waals surface area contributed by atoms with Crippen molar-refractivity contribution in [1.82, 2.24) is 5.32 Å². The number of nitrogens with one attached hydrogen (secondary N) is 3. The molecule has 1 atom stereocenters. The van der Waals surface area contributed by atoms with Crippen LogP contribution in [0.1, 0.15) is 28.3 Å². The number of rotatable bonds is 2. The second kappa shape index (κ2) is 10.00. The standard InChI is InChI=1S/C29H28N4O3/c1-18-14-22-9-8-20(18)12-13-36-29(35)33-23-6-2-4-19(15-23)17-31-28(34)27(22)32-24-10-11-25-21(16-24)5-3-7-26(25)30/h2-11,14-16,27,32H,12-13,17,30H2,1H3,(H,31,34)(H,33,35). The summed E-state index contributed by atoms with van der Waals surface area (Å²) in [4.78, 5) is 25.7. The lowest BCUT2D eigenvalue weighted by Crippen LogP contribution is -2.33. The number of nitrogens with two attached hydrogens (primary N) is 1. The lowest BCUT2D eigenvalue weighted by Gasteiger charge is -2.22. The molecule has 0 fully saturated rings. The van der Waals surface area contributed by atoms with Crippen molar-refractivity contribution >= 4 is 39.8 Å². The predicted molar refractivity (Wildman–Crippen MR) is 143 cm³/mol. The number of benzene rings is 4. The molecule has 7 heteroatoms. The number of anilines is 3. The zero-order valence-corrected chi connectivity index (χ0v) is 20.0. The second-order valence-corrected chi connectivity index (χ2v) is 8.98. The Hall–Kier alpha value is -4.52. The molecular weight excluding hydrogens is 452 g/mol. The molecule has 2 aliphatic rings. The number of ether oxygens (including phenoxy) is 1. The summed E-state index contributed by atoms with van der Waals surface area (Å²) in [5.74, 6) is -0.153. The van der Waals surface area contributed by atoms with E-state index in [1.54, 1.807) is 6.07 Å². The van der Waals surface area contributed by atoms with E-state index in [1.807, 2.05) is 79.7 Å². The van der Waals surface area contributed by atoms with Gasteiger partial charge in [-0.15, -0.1) is 0 Å². The molecule has 0 saturated carbocycles. The van der Waals surface area contributed by atoms with Crippen LogP contribution in [0.2, 0.25) is 0 Å². The average molecular weight is 481 g/mol. The van der Waals surface area contributed by atoms with E-state index in [0.29, 0.717) is 18.7 Å². The Kier molecular flexibility index (Phi) is 6.45. The molecule has 0 radical (unpaired) electrons. The largest absolute Gasteiger partial charge is 0.449 e. The van der Waals surface area contributed by atoms with Gasteiger partial charge >= 0.3 is 6.09 Å². The Morgan fingerprint density at radius 2 is 1.83 bits per heavy atom. The number of carbonyl (C=O) groups excluding carboxylic acids is 2. The minimum atomic E-state index is -0.608. The van der Waals surface area contributed by atoms with Gasteiger partial charge in [-0.2, -0.15) is 0 Å². The van der Waals surface area contributed by atoms with E-state index in [9.17, 15) is 9.59 Å². The van der Waals surface area contributed by atoms with Crippen LogP contribution in [-0.4, -0.2) is 18.6 Å². The molecule has 36 heavy (non-hydrogen) atoms.